The molecule has 0 radical (unpaired) electrons. The molecule has 2 aliphatic rings. The van der Waals surface area contributed by atoms with Crippen LogP contribution in [0.4, 0.5) is 0 Å². The van der Waals surface area contributed by atoms with Crippen LogP contribution in [0.1, 0.15) is 25.0 Å². The third kappa shape index (κ3) is 4.08. The summed E-state index contributed by atoms with van der Waals surface area (Å²) in [4.78, 5) is 5.07. The van der Waals surface area contributed by atoms with Gasteiger partial charge in [-0.3, -0.25) is 0 Å². The van der Waals surface area contributed by atoms with Crippen molar-refractivity contribution < 1.29 is 9.47 Å². The maximum atomic E-state index is 6.54. The fraction of sp³-hybridized carbons (Fsp3) is 0.0714. The number of rotatable bonds is 3. The molecule has 6 aromatic carbocycles. The predicted molar refractivity (Wildman–Crippen MR) is 182 cm³/mol. The van der Waals surface area contributed by atoms with E-state index < -0.39 is 0 Å². The molecule has 1 aromatic heterocycles. The highest BCUT2D eigenvalue weighted by Crippen LogP contribution is 2.55. The second-order valence-corrected chi connectivity index (χ2v) is 12.4. The van der Waals surface area contributed by atoms with Crippen molar-refractivity contribution in [3.8, 4) is 67.6 Å². The zero-order valence-corrected chi connectivity index (χ0v) is 25.0. The molecule has 3 nitrogen and oxygen atoms in total. The third-order valence-corrected chi connectivity index (χ3v) is 9.32. The lowest BCUT2D eigenvalue weighted by atomic mass is 9.82. The third-order valence-electron chi connectivity index (χ3n) is 9.32. The van der Waals surface area contributed by atoms with Crippen LogP contribution in [-0.2, 0) is 5.41 Å². The molecule has 214 valence electrons. The standard InChI is InChI=1S/C42H29NO2/c1-42(2)34-17-8-6-15-30(34)33-24-40-41(25-35(33)42)44-38-20-19-28(22-39(38)45-40)27-13-10-14-29(21-27)37-23-32(26-11-4-3-5-12-26)31-16-7-9-18-36(31)43-37/h3-25H,1-2H3. The first-order chi connectivity index (χ1) is 22.0. The minimum atomic E-state index is -0.0960. The van der Waals surface area contributed by atoms with Gasteiger partial charge in [-0.1, -0.05) is 111 Å². The Kier molecular flexibility index (Phi) is 5.54. The first-order valence-electron chi connectivity index (χ1n) is 15.4. The fourth-order valence-corrected chi connectivity index (χ4v) is 6.99. The SMILES string of the molecule is CC1(C)c2ccccc2-c2cc3c(cc21)Oc1ccc(-c2cccc(-c4cc(-c5ccccc5)c5ccccc5n4)c2)cc1O3. The molecule has 45 heavy (non-hydrogen) atoms. The first-order valence-corrected chi connectivity index (χ1v) is 15.4. The summed E-state index contributed by atoms with van der Waals surface area (Å²) in [6, 6.07) is 48.8. The highest BCUT2D eigenvalue weighted by Gasteiger charge is 2.37. The quantitative estimate of drug-likeness (QED) is 0.209. The Bertz CT molecular complexity index is 2300. The highest BCUT2D eigenvalue weighted by molar-refractivity contribution is 5.97. The van der Waals surface area contributed by atoms with Crippen molar-refractivity contribution in [3.05, 3.63) is 151 Å². The van der Waals surface area contributed by atoms with Gasteiger partial charge >= 0.3 is 0 Å². The maximum Gasteiger partial charge on any atom is 0.170 e. The molecule has 3 heteroatoms. The predicted octanol–water partition coefficient (Wildman–Crippen LogP) is 11.4. The molecule has 0 fully saturated rings. The fourth-order valence-electron chi connectivity index (χ4n) is 6.99. The molecule has 0 N–H and O–H groups in total. The minimum Gasteiger partial charge on any atom is -0.450 e. The van der Waals surface area contributed by atoms with Crippen molar-refractivity contribution in [2.45, 2.75) is 19.3 Å². The van der Waals surface area contributed by atoms with Gasteiger partial charge in [0.2, 0.25) is 0 Å². The summed E-state index contributed by atoms with van der Waals surface area (Å²) < 4.78 is 13.0. The van der Waals surface area contributed by atoms with Crippen molar-refractivity contribution in [2.24, 2.45) is 0 Å². The normalized spacial score (nSPS) is 13.6. The average molecular weight is 580 g/mol. The molecule has 7 aromatic rings. The summed E-state index contributed by atoms with van der Waals surface area (Å²) in [6.07, 6.45) is 0. The van der Waals surface area contributed by atoms with Crippen molar-refractivity contribution in [1.29, 1.82) is 0 Å². The van der Waals surface area contributed by atoms with E-state index in [1.807, 2.05) is 12.1 Å². The summed E-state index contributed by atoms with van der Waals surface area (Å²) in [5, 5.41) is 1.15. The Balaban J connectivity index is 1.09. The maximum absolute atomic E-state index is 6.54. The van der Waals surface area contributed by atoms with Crippen molar-refractivity contribution in [1.82, 2.24) is 4.98 Å². The molecule has 0 saturated heterocycles. The number of pyridine rings is 1. The number of hydrogen-bond donors (Lipinski definition) is 0. The molecule has 0 amide bonds. The molecule has 0 unspecified atom stereocenters. The molecule has 0 saturated carbocycles. The van der Waals surface area contributed by atoms with Crippen molar-refractivity contribution >= 4 is 10.9 Å². The van der Waals surface area contributed by atoms with E-state index >= 15 is 0 Å². The molecule has 1 aliphatic heterocycles. The molecule has 9 rings (SSSR count). The Morgan fingerprint density at radius 2 is 1.13 bits per heavy atom. The second-order valence-electron chi connectivity index (χ2n) is 12.4. The Morgan fingerprint density at radius 1 is 0.444 bits per heavy atom. The van der Waals surface area contributed by atoms with Gasteiger partial charge in [0.05, 0.1) is 11.2 Å². The molecule has 0 spiro atoms. The minimum absolute atomic E-state index is 0.0960. The van der Waals surface area contributed by atoms with Gasteiger partial charge in [0.1, 0.15) is 0 Å². The van der Waals surface area contributed by atoms with Crippen LogP contribution >= 0.6 is 0 Å². The van der Waals surface area contributed by atoms with Gasteiger partial charge in [-0.25, -0.2) is 4.98 Å². The van der Waals surface area contributed by atoms with Crippen molar-refractivity contribution in [2.75, 3.05) is 0 Å². The smallest absolute Gasteiger partial charge is 0.170 e. The number of aromatic nitrogens is 1. The molecular weight excluding hydrogens is 550 g/mol. The lowest BCUT2D eigenvalue weighted by Gasteiger charge is -2.25. The van der Waals surface area contributed by atoms with Gasteiger partial charge in [-0.2, -0.15) is 0 Å². The summed E-state index contributed by atoms with van der Waals surface area (Å²) >= 11 is 0. The average Bonchev–Trinajstić information content (AvgIpc) is 3.31. The first kappa shape index (κ1) is 25.8. The van der Waals surface area contributed by atoms with Crippen LogP contribution in [-0.4, -0.2) is 4.98 Å². The van der Waals surface area contributed by atoms with E-state index in [4.69, 9.17) is 14.5 Å². The van der Waals surface area contributed by atoms with Gasteiger partial charge in [0.15, 0.2) is 23.0 Å². The number of nitrogens with zero attached hydrogens (tertiary/aromatic N) is 1. The van der Waals surface area contributed by atoms with Crippen LogP contribution in [0.25, 0.3) is 55.5 Å². The van der Waals surface area contributed by atoms with Crippen LogP contribution in [0.3, 0.4) is 0 Å². The molecule has 2 heterocycles. The van der Waals surface area contributed by atoms with E-state index in [1.165, 1.54) is 33.4 Å². The summed E-state index contributed by atoms with van der Waals surface area (Å²) in [5.41, 5.74) is 12.5. The second kappa shape index (κ2) is 9.67. The van der Waals surface area contributed by atoms with Gasteiger partial charge in [0.25, 0.3) is 0 Å². The number of benzene rings is 6. The van der Waals surface area contributed by atoms with Crippen LogP contribution in [0.15, 0.2) is 140 Å². The number of para-hydroxylation sites is 1. The largest absolute Gasteiger partial charge is 0.450 e. The molecular formula is C42H29NO2. The van der Waals surface area contributed by atoms with Crippen LogP contribution in [0, 0.1) is 0 Å². The summed E-state index contributed by atoms with van der Waals surface area (Å²) in [6.45, 7) is 4.55. The van der Waals surface area contributed by atoms with Crippen LogP contribution in [0.5, 0.6) is 23.0 Å². The van der Waals surface area contributed by atoms with Crippen molar-refractivity contribution in [3.63, 3.8) is 0 Å². The zero-order chi connectivity index (χ0) is 30.1. The molecule has 0 atom stereocenters. The Morgan fingerprint density at radius 3 is 2.04 bits per heavy atom. The summed E-state index contributed by atoms with van der Waals surface area (Å²) in [5.74, 6) is 2.94. The number of ether oxygens (including phenoxy) is 2. The number of fused-ring (bicyclic) bond motifs is 6. The van der Waals surface area contributed by atoms with E-state index in [2.05, 4.69) is 141 Å². The van der Waals surface area contributed by atoms with Gasteiger partial charge < -0.3 is 9.47 Å². The van der Waals surface area contributed by atoms with Gasteiger partial charge in [-0.15, -0.1) is 0 Å². The lowest BCUT2D eigenvalue weighted by molar-refractivity contribution is 0.359. The van der Waals surface area contributed by atoms with Crippen LogP contribution < -0.4 is 9.47 Å². The van der Waals surface area contributed by atoms with E-state index in [0.29, 0.717) is 5.75 Å². The zero-order valence-electron chi connectivity index (χ0n) is 25.0. The van der Waals surface area contributed by atoms with E-state index in [0.717, 1.165) is 50.5 Å². The molecule has 1 aliphatic carbocycles. The summed E-state index contributed by atoms with van der Waals surface area (Å²) in [7, 11) is 0. The monoisotopic (exact) mass is 579 g/mol. The molecule has 0 bridgehead atoms. The van der Waals surface area contributed by atoms with E-state index in [9.17, 15) is 0 Å². The van der Waals surface area contributed by atoms with Gasteiger partial charge in [0, 0.05) is 16.4 Å². The Labute approximate surface area is 262 Å². The van der Waals surface area contributed by atoms with Gasteiger partial charge in [-0.05, 0) is 87.0 Å². The van der Waals surface area contributed by atoms with E-state index in [1.54, 1.807) is 0 Å². The number of hydrogen-bond acceptors (Lipinski definition) is 3. The topological polar surface area (TPSA) is 31.4 Å². The van der Waals surface area contributed by atoms with Crippen LogP contribution in [0.2, 0.25) is 0 Å². The lowest BCUT2D eigenvalue weighted by Crippen LogP contribution is -2.15. The highest BCUT2D eigenvalue weighted by atomic mass is 16.6. The Hall–Kier alpha value is -5.67. The van der Waals surface area contributed by atoms with E-state index in [-0.39, 0.29) is 5.41 Å².